The van der Waals surface area contributed by atoms with Gasteiger partial charge < -0.3 is 9.47 Å². The maximum Gasteiger partial charge on any atom is 0.260 e. The Hall–Kier alpha value is -2.88. The molecule has 0 unspecified atom stereocenters. The molecule has 1 amide bonds. The van der Waals surface area contributed by atoms with Crippen molar-refractivity contribution in [1.29, 1.82) is 0 Å². The van der Waals surface area contributed by atoms with Crippen molar-refractivity contribution in [3.05, 3.63) is 65.4 Å². The summed E-state index contributed by atoms with van der Waals surface area (Å²) < 4.78 is 1.99. The van der Waals surface area contributed by atoms with Crippen LogP contribution in [0.2, 0.25) is 0 Å². The summed E-state index contributed by atoms with van der Waals surface area (Å²) in [4.78, 5) is 26.5. The Morgan fingerprint density at radius 3 is 2.72 bits per heavy atom. The summed E-state index contributed by atoms with van der Waals surface area (Å²) in [6.45, 7) is 2.27. The molecule has 126 valence electrons. The molecule has 0 spiro atoms. The Labute approximate surface area is 146 Å². The predicted molar refractivity (Wildman–Crippen MR) is 99.1 cm³/mol. The quantitative estimate of drug-likeness (QED) is 0.736. The van der Waals surface area contributed by atoms with Crippen molar-refractivity contribution in [3.8, 4) is 0 Å². The fourth-order valence-electron chi connectivity index (χ4n) is 3.69. The molecular formula is C21H20N2O2. The van der Waals surface area contributed by atoms with Crippen molar-refractivity contribution in [2.24, 2.45) is 7.05 Å². The van der Waals surface area contributed by atoms with Gasteiger partial charge in [-0.1, -0.05) is 30.3 Å². The molecule has 1 aliphatic rings. The molecule has 2 heterocycles. The first kappa shape index (κ1) is 15.6. The highest BCUT2D eigenvalue weighted by atomic mass is 16.2. The standard InChI is InChI=1S/C21H20N2O2/c1-14(24)11-15-7-8-16-9-10-23(20(16)12-15)21(25)18-13-22(2)19-6-4-3-5-17(18)19/h3-8,12-13H,9-11H2,1-2H3. The number of nitrogens with zero attached hydrogens (tertiary/aromatic N) is 2. The van der Waals surface area contributed by atoms with Crippen LogP contribution in [0.15, 0.2) is 48.7 Å². The van der Waals surface area contributed by atoms with E-state index >= 15 is 0 Å². The van der Waals surface area contributed by atoms with Gasteiger partial charge in [-0.05, 0) is 36.6 Å². The highest BCUT2D eigenvalue weighted by Gasteiger charge is 2.27. The first-order chi connectivity index (χ1) is 12.0. The molecule has 0 bridgehead atoms. The van der Waals surface area contributed by atoms with E-state index in [4.69, 9.17) is 0 Å². The van der Waals surface area contributed by atoms with Gasteiger partial charge in [-0.25, -0.2) is 0 Å². The maximum atomic E-state index is 13.2. The zero-order chi connectivity index (χ0) is 17.6. The van der Waals surface area contributed by atoms with Gasteiger partial charge in [0.25, 0.3) is 5.91 Å². The summed E-state index contributed by atoms with van der Waals surface area (Å²) in [6, 6.07) is 14.0. The molecule has 4 heteroatoms. The third-order valence-corrected chi connectivity index (χ3v) is 4.87. The summed E-state index contributed by atoms with van der Waals surface area (Å²) >= 11 is 0. The Kier molecular flexibility index (Phi) is 3.68. The predicted octanol–water partition coefficient (Wildman–Crippen LogP) is 3.51. The van der Waals surface area contributed by atoms with Gasteiger partial charge >= 0.3 is 0 Å². The van der Waals surface area contributed by atoms with E-state index < -0.39 is 0 Å². The lowest BCUT2D eigenvalue weighted by molar-refractivity contribution is -0.116. The minimum atomic E-state index is 0.0236. The van der Waals surface area contributed by atoms with Gasteiger partial charge in [-0.15, -0.1) is 0 Å². The third-order valence-electron chi connectivity index (χ3n) is 4.87. The van der Waals surface area contributed by atoms with Crippen LogP contribution in [0.5, 0.6) is 0 Å². The minimum absolute atomic E-state index is 0.0236. The number of carbonyl (C=O) groups excluding carboxylic acids is 2. The van der Waals surface area contributed by atoms with E-state index in [0.717, 1.165) is 34.1 Å². The van der Waals surface area contributed by atoms with E-state index in [9.17, 15) is 9.59 Å². The molecule has 0 radical (unpaired) electrons. The number of ketones is 1. The van der Waals surface area contributed by atoms with Crippen LogP contribution in [0, 0.1) is 0 Å². The van der Waals surface area contributed by atoms with Gasteiger partial charge in [0.15, 0.2) is 0 Å². The number of aryl methyl sites for hydroxylation is 1. The van der Waals surface area contributed by atoms with Crippen LogP contribution in [0.1, 0.15) is 28.4 Å². The molecule has 1 aromatic heterocycles. The van der Waals surface area contributed by atoms with Crippen LogP contribution in [0.25, 0.3) is 10.9 Å². The number of fused-ring (bicyclic) bond motifs is 2. The number of aromatic nitrogens is 1. The van der Waals surface area contributed by atoms with Crippen LogP contribution < -0.4 is 4.90 Å². The average Bonchev–Trinajstić information content (AvgIpc) is 3.15. The Bertz CT molecular complexity index is 1000. The number of amides is 1. The molecule has 0 N–H and O–H groups in total. The van der Waals surface area contributed by atoms with Crippen molar-refractivity contribution in [1.82, 2.24) is 4.57 Å². The zero-order valence-electron chi connectivity index (χ0n) is 14.5. The van der Waals surface area contributed by atoms with Crippen LogP contribution in [0.4, 0.5) is 5.69 Å². The van der Waals surface area contributed by atoms with Crippen molar-refractivity contribution in [2.45, 2.75) is 19.8 Å². The van der Waals surface area contributed by atoms with Gasteiger partial charge in [0.1, 0.15) is 5.78 Å². The highest BCUT2D eigenvalue weighted by molar-refractivity contribution is 6.14. The molecule has 2 aromatic carbocycles. The number of para-hydroxylation sites is 1. The topological polar surface area (TPSA) is 42.3 Å². The molecule has 4 nitrogen and oxygen atoms in total. The first-order valence-corrected chi connectivity index (χ1v) is 8.52. The normalized spacial score (nSPS) is 13.3. The highest BCUT2D eigenvalue weighted by Crippen LogP contribution is 2.32. The largest absolute Gasteiger partial charge is 0.350 e. The van der Waals surface area contributed by atoms with Gasteiger partial charge in [0, 0.05) is 42.8 Å². The second kappa shape index (κ2) is 5.88. The molecule has 0 saturated carbocycles. The molecule has 4 rings (SSSR count). The van der Waals surface area contributed by atoms with Gasteiger partial charge in [0.05, 0.1) is 5.56 Å². The maximum absolute atomic E-state index is 13.2. The lowest BCUT2D eigenvalue weighted by atomic mass is 10.0. The summed E-state index contributed by atoms with van der Waals surface area (Å²) in [5.41, 5.74) is 4.85. The van der Waals surface area contributed by atoms with E-state index in [1.54, 1.807) is 6.92 Å². The van der Waals surface area contributed by atoms with Crippen LogP contribution in [-0.4, -0.2) is 22.8 Å². The second-order valence-electron chi connectivity index (χ2n) is 6.72. The van der Waals surface area contributed by atoms with E-state index in [2.05, 4.69) is 0 Å². The average molecular weight is 332 g/mol. The monoisotopic (exact) mass is 332 g/mol. The Morgan fingerprint density at radius 1 is 1.12 bits per heavy atom. The van der Waals surface area contributed by atoms with E-state index in [1.165, 1.54) is 5.56 Å². The molecule has 3 aromatic rings. The van der Waals surface area contributed by atoms with Crippen molar-refractivity contribution < 1.29 is 9.59 Å². The van der Waals surface area contributed by atoms with Crippen molar-refractivity contribution >= 4 is 28.3 Å². The van der Waals surface area contributed by atoms with Gasteiger partial charge in [0.2, 0.25) is 0 Å². The van der Waals surface area contributed by atoms with Gasteiger partial charge in [-0.2, -0.15) is 0 Å². The van der Waals surface area contributed by atoms with Crippen LogP contribution >= 0.6 is 0 Å². The number of benzene rings is 2. The Morgan fingerprint density at radius 2 is 1.92 bits per heavy atom. The Balaban J connectivity index is 1.74. The summed E-state index contributed by atoms with van der Waals surface area (Å²) in [5, 5.41) is 0.975. The smallest absolute Gasteiger partial charge is 0.260 e. The molecule has 0 fully saturated rings. The van der Waals surface area contributed by atoms with E-state index in [-0.39, 0.29) is 11.7 Å². The van der Waals surface area contributed by atoms with Crippen LogP contribution in [0.3, 0.4) is 0 Å². The molecule has 0 atom stereocenters. The lowest BCUT2D eigenvalue weighted by Gasteiger charge is -2.17. The fourth-order valence-corrected chi connectivity index (χ4v) is 3.69. The number of anilines is 1. The fraction of sp³-hybridized carbons (Fsp3) is 0.238. The van der Waals surface area contributed by atoms with Crippen molar-refractivity contribution in [3.63, 3.8) is 0 Å². The second-order valence-corrected chi connectivity index (χ2v) is 6.72. The lowest BCUT2D eigenvalue weighted by Crippen LogP contribution is -2.28. The molecule has 1 aliphatic heterocycles. The number of rotatable bonds is 3. The number of hydrogen-bond acceptors (Lipinski definition) is 2. The zero-order valence-corrected chi connectivity index (χ0v) is 14.5. The van der Waals surface area contributed by atoms with Gasteiger partial charge in [-0.3, -0.25) is 9.59 Å². The number of Topliss-reactive ketones (excluding diaryl/α,β-unsaturated/α-hetero) is 1. The van der Waals surface area contributed by atoms with E-state index in [1.807, 2.05) is 65.2 Å². The van der Waals surface area contributed by atoms with Crippen LogP contribution in [-0.2, 0) is 24.7 Å². The van der Waals surface area contributed by atoms with E-state index in [0.29, 0.717) is 13.0 Å². The number of hydrogen-bond donors (Lipinski definition) is 0. The molecule has 0 aliphatic carbocycles. The molecule has 25 heavy (non-hydrogen) atoms. The summed E-state index contributed by atoms with van der Waals surface area (Å²) in [5.74, 6) is 0.153. The molecule has 0 saturated heterocycles. The SMILES string of the molecule is CC(=O)Cc1ccc2c(c1)N(C(=O)c1cn(C)c3ccccc13)CC2. The number of carbonyl (C=O) groups is 2. The first-order valence-electron chi connectivity index (χ1n) is 8.52. The molecular weight excluding hydrogens is 312 g/mol. The third kappa shape index (κ3) is 2.64. The van der Waals surface area contributed by atoms with Crippen molar-refractivity contribution in [2.75, 3.05) is 11.4 Å². The minimum Gasteiger partial charge on any atom is -0.350 e. The summed E-state index contributed by atoms with van der Waals surface area (Å²) in [6.07, 6.45) is 3.17. The summed E-state index contributed by atoms with van der Waals surface area (Å²) in [7, 11) is 1.96.